The zero-order valence-corrected chi connectivity index (χ0v) is 18.5. The minimum absolute atomic E-state index is 0.145. The van der Waals surface area contributed by atoms with E-state index in [1.807, 2.05) is 75.5 Å². The maximum Gasteiger partial charge on any atom is 0.255 e. The lowest BCUT2D eigenvalue weighted by molar-refractivity contribution is 0.102. The lowest BCUT2D eigenvalue weighted by Gasteiger charge is -2.14. The molecule has 1 N–H and O–H groups in total. The minimum Gasteiger partial charge on any atom is -0.488 e. The van der Waals surface area contributed by atoms with Crippen molar-refractivity contribution >= 4 is 11.6 Å². The SMILES string of the molecule is Cc1cc(C(=O)Nc2ccc(Cn3ccnc3C)cc2)cc(C)c1OCc1cccnc1. The molecule has 0 aliphatic rings. The number of hydrogen-bond donors (Lipinski definition) is 1. The number of nitrogens with one attached hydrogen (secondary N) is 1. The molecule has 0 saturated carbocycles. The first-order valence-electron chi connectivity index (χ1n) is 10.5. The molecule has 2 aromatic carbocycles. The van der Waals surface area contributed by atoms with Crippen LogP contribution in [0.5, 0.6) is 5.75 Å². The van der Waals surface area contributed by atoms with Gasteiger partial charge < -0.3 is 14.6 Å². The van der Waals surface area contributed by atoms with E-state index in [1.165, 1.54) is 0 Å². The molecule has 162 valence electrons. The highest BCUT2D eigenvalue weighted by molar-refractivity contribution is 6.04. The predicted molar refractivity (Wildman–Crippen MR) is 125 cm³/mol. The Balaban J connectivity index is 1.41. The summed E-state index contributed by atoms with van der Waals surface area (Å²) < 4.78 is 8.07. The molecule has 0 bridgehead atoms. The van der Waals surface area contributed by atoms with Gasteiger partial charge in [-0.15, -0.1) is 0 Å². The summed E-state index contributed by atoms with van der Waals surface area (Å²) in [6.07, 6.45) is 7.28. The molecule has 4 rings (SSSR count). The number of nitrogens with zero attached hydrogens (tertiary/aromatic N) is 3. The van der Waals surface area contributed by atoms with E-state index in [1.54, 1.807) is 18.6 Å². The summed E-state index contributed by atoms with van der Waals surface area (Å²) >= 11 is 0. The van der Waals surface area contributed by atoms with Gasteiger partial charge in [0, 0.05) is 48.1 Å². The first kappa shape index (κ1) is 21.3. The molecule has 0 aliphatic carbocycles. The molecule has 1 amide bonds. The van der Waals surface area contributed by atoms with Gasteiger partial charge in [0.1, 0.15) is 18.2 Å². The second-order valence-electron chi connectivity index (χ2n) is 7.84. The van der Waals surface area contributed by atoms with E-state index in [0.29, 0.717) is 12.2 Å². The fourth-order valence-electron chi connectivity index (χ4n) is 3.61. The van der Waals surface area contributed by atoms with E-state index in [2.05, 4.69) is 19.9 Å². The van der Waals surface area contributed by atoms with Gasteiger partial charge in [-0.3, -0.25) is 9.78 Å². The van der Waals surface area contributed by atoms with Gasteiger partial charge in [0.2, 0.25) is 0 Å². The number of imidazole rings is 1. The molecular formula is C26H26N4O2. The molecule has 0 radical (unpaired) electrons. The summed E-state index contributed by atoms with van der Waals surface area (Å²) in [5.41, 5.74) is 5.35. The van der Waals surface area contributed by atoms with Crippen LogP contribution in [0.1, 0.15) is 38.4 Å². The Morgan fingerprint density at radius 3 is 2.38 bits per heavy atom. The van der Waals surface area contributed by atoms with Crippen molar-refractivity contribution in [1.82, 2.24) is 14.5 Å². The lowest BCUT2D eigenvalue weighted by Crippen LogP contribution is -2.13. The monoisotopic (exact) mass is 426 g/mol. The predicted octanol–water partition coefficient (Wildman–Crippen LogP) is 5.08. The van der Waals surface area contributed by atoms with E-state index in [9.17, 15) is 4.79 Å². The zero-order chi connectivity index (χ0) is 22.5. The van der Waals surface area contributed by atoms with Crippen molar-refractivity contribution < 1.29 is 9.53 Å². The van der Waals surface area contributed by atoms with Crippen molar-refractivity contribution in [3.05, 3.63) is 107 Å². The Bertz CT molecular complexity index is 1190. The van der Waals surface area contributed by atoms with E-state index >= 15 is 0 Å². The van der Waals surface area contributed by atoms with Crippen molar-refractivity contribution in [2.45, 2.75) is 33.9 Å². The largest absolute Gasteiger partial charge is 0.488 e. The topological polar surface area (TPSA) is 69.0 Å². The molecule has 0 atom stereocenters. The highest BCUT2D eigenvalue weighted by Gasteiger charge is 2.13. The van der Waals surface area contributed by atoms with Crippen molar-refractivity contribution in [2.75, 3.05) is 5.32 Å². The summed E-state index contributed by atoms with van der Waals surface area (Å²) in [6, 6.07) is 15.4. The molecule has 4 aromatic rings. The third kappa shape index (κ3) is 5.03. The van der Waals surface area contributed by atoms with Crippen molar-refractivity contribution in [1.29, 1.82) is 0 Å². The van der Waals surface area contributed by atoms with Crippen LogP contribution in [0.4, 0.5) is 5.69 Å². The van der Waals surface area contributed by atoms with Gasteiger partial charge in [-0.2, -0.15) is 0 Å². The van der Waals surface area contributed by atoms with Gasteiger partial charge in [-0.05, 0) is 67.8 Å². The van der Waals surface area contributed by atoms with Crippen LogP contribution in [0.15, 0.2) is 73.3 Å². The molecule has 0 unspecified atom stereocenters. The third-order valence-electron chi connectivity index (χ3n) is 5.32. The molecule has 32 heavy (non-hydrogen) atoms. The number of carbonyl (C=O) groups excluding carboxylic acids is 1. The van der Waals surface area contributed by atoms with Gasteiger partial charge in [-0.1, -0.05) is 18.2 Å². The first-order valence-corrected chi connectivity index (χ1v) is 10.5. The number of hydrogen-bond acceptors (Lipinski definition) is 4. The number of amides is 1. The molecule has 2 aromatic heterocycles. The van der Waals surface area contributed by atoms with E-state index in [0.717, 1.165) is 46.1 Å². The van der Waals surface area contributed by atoms with Crippen LogP contribution in [0.2, 0.25) is 0 Å². The highest BCUT2D eigenvalue weighted by atomic mass is 16.5. The zero-order valence-electron chi connectivity index (χ0n) is 18.5. The standard InChI is InChI=1S/C26H26N4O2/c1-18-13-23(14-19(2)25(18)32-17-22-5-4-10-27-15-22)26(31)29-24-8-6-21(7-9-24)16-30-12-11-28-20(30)3/h4-15H,16-17H2,1-3H3,(H,29,31). The summed E-state index contributed by atoms with van der Waals surface area (Å²) in [5, 5.41) is 2.98. The summed E-state index contributed by atoms with van der Waals surface area (Å²) in [5.74, 6) is 1.62. The van der Waals surface area contributed by atoms with Crippen LogP contribution in [0.25, 0.3) is 0 Å². The van der Waals surface area contributed by atoms with Gasteiger partial charge in [0.15, 0.2) is 0 Å². The first-order chi connectivity index (χ1) is 15.5. The average Bonchev–Trinajstić information content (AvgIpc) is 3.19. The Hall–Kier alpha value is -3.93. The third-order valence-corrected chi connectivity index (χ3v) is 5.32. The molecule has 0 aliphatic heterocycles. The molecule has 6 nitrogen and oxygen atoms in total. The van der Waals surface area contributed by atoms with Gasteiger partial charge >= 0.3 is 0 Å². The molecule has 0 saturated heterocycles. The van der Waals surface area contributed by atoms with Crippen LogP contribution in [0, 0.1) is 20.8 Å². The average molecular weight is 427 g/mol. The number of carbonyl (C=O) groups is 1. The van der Waals surface area contributed by atoms with Crippen LogP contribution in [0.3, 0.4) is 0 Å². The number of ether oxygens (including phenoxy) is 1. The number of benzene rings is 2. The van der Waals surface area contributed by atoms with E-state index in [4.69, 9.17) is 4.74 Å². The quantitative estimate of drug-likeness (QED) is 0.447. The number of rotatable bonds is 7. The number of pyridine rings is 1. The maximum absolute atomic E-state index is 12.8. The minimum atomic E-state index is -0.145. The number of anilines is 1. The van der Waals surface area contributed by atoms with Crippen molar-refractivity contribution in [3.8, 4) is 5.75 Å². The van der Waals surface area contributed by atoms with Crippen LogP contribution in [-0.4, -0.2) is 20.4 Å². The molecule has 0 fully saturated rings. The van der Waals surface area contributed by atoms with Gasteiger partial charge in [0.05, 0.1) is 0 Å². The Morgan fingerprint density at radius 2 is 1.75 bits per heavy atom. The second kappa shape index (κ2) is 9.47. The van der Waals surface area contributed by atoms with Crippen LogP contribution >= 0.6 is 0 Å². The smallest absolute Gasteiger partial charge is 0.255 e. The van der Waals surface area contributed by atoms with Gasteiger partial charge in [0.25, 0.3) is 5.91 Å². The molecular weight excluding hydrogens is 400 g/mol. The number of aryl methyl sites for hydroxylation is 3. The molecule has 2 heterocycles. The summed E-state index contributed by atoms with van der Waals surface area (Å²) in [4.78, 5) is 21.2. The van der Waals surface area contributed by atoms with E-state index in [-0.39, 0.29) is 5.91 Å². The summed E-state index contributed by atoms with van der Waals surface area (Å²) in [7, 11) is 0. The fourth-order valence-corrected chi connectivity index (χ4v) is 3.61. The van der Waals surface area contributed by atoms with E-state index < -0.39 is 0 Å². The normalized spacial score (nSPS) is 10.7. The lowest BCUT2D eigenvalue weighted by atomic mass is 10.0. The van der Waals surface area contributed by atoms with Crippen molar-refractivity contribution in [2.24, 2.45) is 0 Å². The van der Waals surface area contributed by atoms with Crippen LogP contribution in [-0.2, 0) is 13.2 Å². The Labute approximate surface area is 187 Å². The fraction of sp³-hybridized carbons (Fsp3) is 0.192. The maximum atomic E-state index is 12.8. The Morgan fingerprint density at radius 1 is 1.00 bits per heavy atom. The Kier molecular flexibility index (Phi) is 6.31. The van der Waals surface area contributed by atoms with Gasteiger partial charge in [-0.25, -0.2) is 4.98 Å². The second-order valence-corrected chi connectivity index (χ2v) is 7.84. The van der Waals surface area contributed by atoms with Crippen molar-refractivity contribution in [3.63, 3.8) is 0 Å². The number of aromatic nitrogens is 3. The highest BCUT2D eigenvalue weighted by Crippen LogP contribution is 2.26. The summed E-state index contributed by atoms with van der Waals surface area (Å²) in [6.45, 7) is 7.07. The molecule has 6 heteroatoms. The van der Waals surface area contributed by atoms with Crippen LogP contribution < -0.4 is 10.1 Å². The molecule has 0 spiro atoms.